The van der Waals surface area contributed by atoms with Gasteiger partial charge < -0.3 is 4.74 Å². The van der Waals surface area contributed by atoms with Crippen LogP contribution in [0.2, 0.25) is 0 Å². The first-order valence-electron chi connectivity index (χ1n) is 3.97. The molecule has 0 spiro atoms. The van der Waals surface area contributed by atoms with E-state index in [1.54, 1.807) is 14.0 Å². The molecule has 0 amide bonds. The second kappa shape index (κ2) is 3.98. The highest BCUT2D eigenvalue weighted by Crippen LogP contribution is 2.00. The first kappa shape index (κ1) is 9.64. The highest BCUT2D eigenvalue weighted by atomic mass is 19.1. The number of hydrogen-bond acceptors (Lipinski definition) is 2. The number of rotatable bonds is 2. The summed E-state index contributed by atoms with van der Waals surface area (Å²) < 4.78 is 18.9. The van der Waals surface area contributed by atoms with Crippen LogP contribution in [0, 0.1) is 5.95 Å². The van der Waals surface area contributed by atoms with Crippen LogP contribution in [-0.2, 0) is 11.8 Å². The Morgan fingerprint density at radius 3 is 2.92 bits per heavy atom. The normalized spacial score (nSPS) is 9.77. The third kappa shape index (κ3) is 2.24. The summed E-state index contributed by atoms with van der Waals surface area (Å²) in [6.07, 6.45) is 1.47. The van der Waals surface area contributed by atoms with Gasteiger partial charge in [0, 0.05) is 6.07 Å². The summed E-state index contributed by atoms with van der Waals surface area (Å²) in [7, 11) is 1.56. The molecule has 0 saturated carbocycles. The molecular weight excluding hydrogens is 173 g/mol. The van der Waals surface area contributed by atoms with Gasteiger partial charge in [-0.3, -0.25) is 0 Å². The molecule has 0 aliphatic rings. The van der Waals surface area contributed by atoms with Gasteiger partial charge in [0.15, 0.2) is 6.20 Å². The maximum Gasteiger partial charge on any atom is 0.360 e. The van der Waals surface area contributed by atoms with Crippen molar-refractivity contribution in [2.24, 2.45) is 7.05 Å². The summed E-state index contributed by atoms with van der Waals surface area (Å²) in [4.78, 5) is 11.1. The van der Waals surface area contributed by atoms with Gasteiger partial charge in [0.25, 0.3) is 0 Å². The number of nitrogens with zero attached hydrogens (tertiary/aromatic N) is 1. The van der Waals surface area contributed by atoms with Gasteiger partial charge in [-0.1, -0.05) is 0 Å². The van der Waals surface area contributed by atoms with E-state index in [4.69, 9.17) is 4.74 Å². The zero-order chi connectivity index (χ0) is 9.84. The van der Waals surface area contributed by atoms with Crippen LogP contribution in [0.15, 0.2) is 18.3 Å². The lowest BCUT2D eigenvalue weighted by Crippen LogP contribution is -2.32. The van der Waals surface area contributed by atoms with Gasteiger partial charge in [0.05, 0.1) is 18.2 Å². The average molecular weight is 184 g/mol. The molecule has 1 heterocycles. The molecule has 0 aliphatic heterocycles. The van der Waals surface area contributed by atoms with E-state index in [0.29, 0.717) is 6.61 Å². The summed E-state index contributed by atoms with van der Waals surface area (Å²) in [6, 6.07) is 2.67. The third-order valence-electron chi connectivity index (χ3n) is 1.60. The molecule has 13 heavy (non-hydrogen) atoms. The smallest absolute Gasteiger partial charge is 0.360 e. The van der Waals surface area contributed by atoms with Crippen molar-refractivity contribution in [3.63, 3.8) is 0 Å². The first-order valence-corrected chi connectivity index (χ1v) is 3.97. The van der Waals surface area contributed by atoms with Gasteiger partial charge in [-0.15, -0.1) is 4.39 Å². The second-order valence-electron chi connectivity index (χ2n) is 2.57. The Morgan fingerprint density at radius 1 is 1.69 bits per heavy atom. The van der Waals surface area contributed by atoms with E-state index < -0.39 is 11.9 Å². The van der Waals surface area contributed by atoms with Crippen LogP contribution in [0.25, 0.3) is 0 Å². The fourth-order valence-electron chi connectivity index (χ4n) is 0.883. The lowest BCUT2D eigenvalue weighted by Gasteiger charge is -1.99. The first-order chi connectivity index (χ1) is 6.15. The van der Waals surface area contributed by atoms with Crippen LogP contribution < -0.4 is 4.57 Å². The molecule has 1 aromatic heterocycles. The second-order valence-corrected chi connectivity index (χ2v) is 2.57. The predicted octanol–water partition coefficient (Wildman–Crippen LogP) is 0.827. The summed E-state index contributed by atoms with van der Waals surface area (Å²) in [6.45, 7) is 2.00. The molecule has 3 nitrogen and oxygen atoms in total. The minimum absolute atomic E-state index is 0.234. The standard InChI is InChI=1S/C9H11FNO2/c1-3-13-9(12)7-4-5-11(2)8(10)6-7/h4-6H,3H2,1-2H3/q+1. The van der Waals surface area contributed by atoms with Crippen molar-refractivity contribution < 1.29 is 18.5 Å². The Balaban J connectivity index is 2.90. The van der Waals surface area contributed by atoms with Gasteiger partial charge in [0.2, 0.25) is 0 Å². The minimum atomic E-state index is -0.498. The van der Waals surface area contributed by atoms with Gasteiger partial charge in [0.1, 0.15) is 7.05 Å². The quantitative estimate of drug-likeness (QED) is 0.387. The summed E-state index contributed by atoms with van der Waals surface area (Å²) in [5, 5.41) is 0. The van der Waals surface area contributed by atoms with Crippen molar-refractivity contribution in [2.75, 3.05) is 6.61 Å². The molecule has 1 aromatic rings. The van der Waals surface area contributed by atoms with Crippen LogP contribution in [0.1, 0.15) is 17.3 Å². The summed E-state index contributed by atoms with van der Waals surface area (Å²) in [5.41, 5.74) is 0.234. The Morgan fingerprint density at radius 2 is 2.38 bits per heavy atom. The molecule has 4 heteroatoms. The highest BCUT2D eigenvalue weighted by molar-refractivity contribution is 5.88. The molecule has 70 valence electrons. The zero-order valence-electron chi connectivity index (χ0n) is 7.58. The van der Waals surface area contributed by atoms with Crippen molar-refractivity contribution in [3.05, 3.63) is 29.8 Å². The molecule has 0 atom stereocenters. The zero-order valence-corrected chi connectivity index (χ0v) is 7.58. The number of carbonyl (C=O) groups is 1. The fourth-order valence-corrected chi connectivity index (χ4v) is 0.883. The topological polar surface area (TPSA) is 30.2 Å². The van der Waals surface area contributed by atoms with Crippen molar-refractivity contribution in [2.45, 2.75) is 6.92 Å². The van der Waals surface area contributed by atoms with Crippen molar-refractivity contribution in [1.82, 2.24) is 0 Å². The Kier molecular flexibility index (Phi) is 2.95. The van der Waals surface area contributed by atoms with Crippen LogP contribution >= 0.6 is 0 Å². The maximum absolute atomic E-state index is 12.9. The highest BCUT2D eigenvalue weighted by Gasteiger charge is 2.12. The predicted molar refractivity (Wildman–Crippen MR) is 43.5 cm³/mol. The molecule has 0 N–H and O–H groups in total. The lowest BCUT2D eigenvalue weighted by atomic mass is 10.3. The van der Waals surface area contributed by atoms with Gasteiger partial charge in [-0.25, -0.2) is 4.79 Å². The van der Waals surface area contributed by atoms with Crippen molar-refractivity contribution >= 4 is 5.97 Å². The molecule has 0 radical (unpaired) electrons. The van der Waals surface area contributed by atoms with Crippen LogP contribution in [0.5, 0.6) is 0 Å². The van der Waals surface area contributed by atoms with E-state index >= 15 is 0 Å². The molecule has 0 aromatic carbocycles. The molecule has 0 aliphatic carbocycles. The lowest BCUT2D eigenvalue weighted by molar-refractivity contribution is -0.700. The van der Waals surface area contributed by atoms with E-state index in [-0.39, 0.29) is 5.56 Å². The van der Waals surface area contributed by atoms with Crippen LogP contribution in [-0.4, -0.2) is 12.6 Å². The summed E-state index contributed by atoms with van der Waals surface area (Å²) >= 11 is 0. The van der Waals surface area contributed by atoms with Gasteiger partial charge in [-0.05, 0) is 6.92 Å². The molecular formula is C9H11FNO2+. The molecule has 0 fully saturated rings. The van der Waals surface area contributed by atoms with Gasteiger partial charge in [-0.2, -0.15) is 4.57 Å². The fraction of sp³-hybridized carbons (Fsp3) is 0.333. The van der Waals surface area contributed by atoms with E-state index in [1.807, 2.05) is 0 Å². The van der Waals surface area contributed by atoms with Gasteiger partial charge >= 0.3 is 11.9 Å². The molecule has 0 unspecified atom stereocenters. The number of aryl methyl sites for hydroxylation is 1. The van der Waals surface area contributed by atoms with Crippen LogP contribution in [0.3, 0.4) is 0 Å². The molecule has 1 rings (SSSR count). The number of ether oxygens (including phenoxy) is 1. The largest absolute Gasteiger partial charge is 0.462 e. The monoisotopic (exact) mass is 184 g/mol. The third-order valence-corrected chi connectivity index (χ3v) is 1.60. The Bertz CT molecular complexity index is 325. The van der Waals surface area contributed by atoms with E-state index in [1.165, 1.54) is 16.8 Å². The van der Waals surface area contributed by atoms with E-state index in [0.717, 1.165) is 6.07 Å². The number of esters is 1. The molecule has 0 bridgehead atoms. The average Bonchev–Trinajstić information content (AvgIpc) is 2.10. The van der Waals surface area contributed by atoms with E-state index in [2.05, 4.69) is 0 Å². The maximum atomic E-state index is 12.9. The summed E-state index contributed by atoms with van der Waals surface area (Å²) in [5.74, 6) is -0.965. The van der Waals surface area contributed by atoms with Crippen molar-refractivity contribution in [3.8, 4) is 0 Å². The number of halogens is 1. The van der Waals surface area contributed by atoms with Crippen LogP contribution in [0.4, 0.5) is 4.39 Å². The SMILES string of the molecule is CCOC(=O)c1cc[n+](C)c(F)c1. The number of pyridine rings is 1. The minimum Gasteiger partial charge on any atom is -0.462 e. The van der Waals surface area contributed by atoms with Crippen molar-refractivity contribution in [1.29, 1.82) is 0 Å². The number of aromatic nitrogens is 1. The molecule has 0 saturated heterocycles. The number of carbonyl (C=O) groups excluding carboxylic acids is 1. The Labute approximate surface area is 75.8 Å². The number of hydrogen-bond donors (Lipinski definition) is 0. The van der Waals surface area contributed by atoms with E-state index in [9.17, 15) is 9.18 Å². The Hall–Kier alpha value is -1.45.